The van der Waals surface area contributed by atoms with Crippen LogP contribution in [0.5, 0.6) is 0 Å². The maximum atomic E-state index is 13.4. The fraction of sp³-hybridized carbons (Fsp3) is 0. The monoisotopic (exact) mass is 322 g/mol. The van der Waals surface area contributed by atoms with Gasteiger partial charge in [0.05, 0.1) is 0 Å². The van der Waals surface area contributed by atoms with Crippen molar-refractivity contribution in [2.75, 3.05) is 0 Å². The summed E-state index contributed by atoms with van der Waals surface area (Å²) in [7, 11) is -3.46. The molecule has 22 heavy (non-hydrogen) atoms. The van der Waals surface area contributed by atoms with E-state index < -0.39 is 53.7 Å². The van der Waals surface area contributed by atoms with Crippen LogP contribution in [0.1, 0.15) is 16.2 Å². The predicted octanol–water partition coefficient (Wildman–Crippen LogP) is 3.06. The number of halogens is 6. The van der Waals surface area contributed by atoms with Crippen molar-refractivity contribution in [1.82, 2.24) is 9.97 Å². The first-order valence-electron chi connectivity index (χ1n) is 5.57. The van der Waals surface area contributed by atoms with Crippen LogP contribution in [-0.4, -0.2) is 23.2 Å². The van der Waals surface area contributed by atoms with E-state index in [1.807, 2.05) is 9.97 Å². The van der Waals surface area contributed by atoms with Crippen molar-refractivity contribution in [2.45, 2.75) is 0 Å². The van der Waals surface area contributed by atoms with Crippen molar-refractivity contribution >= 4 is 19.0 Å². The molecular weight excluding hydrogens is 317 g/mol. The Morgan fingerprint density at radius 3 is 1.91 bits per heavy atom. The third kappa shape index (κ3) is 3.02. The van der Waals surface area contributed by atoms with Crippen LogP contribution in [0.3, 0.4) is 0 Å². The Morgan fingerprint density at radius 2 is 1.50 bits per heavy atom. The SMILES string of the molecule is O=C(/C=C(/OB(F)F)c1[nH]cc(F)c1F)c1[nH]cc(F)c1F. The summed E-state index contributed by atoms with van der Waals surface area (Å²) >= 11 is 0. The summed E-state index contributed by atoms with van der Waals surface area (Å²) in [6, 6.07) is 0. The van der Waals surface area contributed by atoms with Gasteiger partial charge >= 0.3 is 7.47 Å². The van der Waals surface area contributed by atoms with E-state index in [2.05, 4.69) is 4.65 Å². The zero-order valence-corrected chi connectivity index (χ0v) is 10.4. The zero-order valence-electron chi connectivity index (χ0n) is 10.4. The van der Waals surface area contributed by atoms with Gasteiger partial charge in [-0.2, -0.15) is 0 Å². The topological polar surface area (TPSA) is 57.9 Å². The van der Waals surface area contributed by atoms with Gasteiger partial charge in [-0.3, -0.25) is 4.79 Å². The maximum absolute atomic E-state index is 13.4. The van der Waals surface area contributed by atoms with Gasteiger partial charge in [-0.1, -0.05) is 0 Å². The fourth-order valence-corrected chi connectivity index (χ4v) is 1.57. The molecule has 0 radical (unpaired) electrons. The molecule has 0 bridgehead atoms. The van der Waals surface area contributed by atoms with Crippen molar-refractivity contribution in [3.8, 4) is 0 Å². The molecule has 11 heteroatoms. The Morgan fingerprint density at radius 1 is 1.00 bits per heavy atom. The van der Waals surface area contributed by atoms with E-state index in [0.717, 1.165) is 0 Å². The van der Waals surface area contributed by atoms with Crippen LogP contribution in [0.2, 0.25) is 0 Å². The molecule has 116 valence electrons. The quantitative estimate of drug-likeness (QED) is 0.292. The molecule has 0 aliphatic heterocycles. The highest BCUT2D eigenvalue weighted by atomic mass is 19.2. The lowest BCUT2D eigenvalue weighted by molar-refractivity contribution is 0.103. The summed E-state index contributed by atoms with van der Waals surface area (Å²) < 4.78 is 80.8. The van der Waals surface area contributed by atoms with Gasteiger partial charge in [-0.25, -0.2) is 26.2 Å². The van der Waals surface area contributed by atoms with Gasteiger partial charge in [-0.15, -0.1) is 0 Å². The number of nitrogens with one attached hydrogen (secondary N) is 2. The number of carbonyl (C=O) groups excluding carboxylic acids is 1. The molecule has 0 aliphatic rings. The van der Waals surface area contributed by atoms with E-state index in [9.17, 15) is 31.0 Å². The first kappa shape index (κ1) is 15.8. The molecule has 2 N–H and O–H groups in total. The molecule has 2 aromatic heterocycles. The first-order chi connectivity index (χ1) is 10.3. The Hall–Kier alpha value is -2.59. The largest absolute Gasteiger partial charge is 0.796 e. The highest BCUT2D eigenvalue weighted by molar-refractivity contribution is 6.36. The molecule has 0 amide bonds. The van der Waals surface area contributed by atoms with Gasteiger partial charge in [0.25, 0.3) is 0 Å². The van der Waals surface area contributed by atoms with Crippen LogP contribution >= 0.6 is 0 Å². The van der Waals surface area contributed by atoms with E-state index in [1.54, 1.807) is 0 Å². The summed E-state index contributed by atoms with van der Waals surface area (Å²) in [5, 5.41) is 0. The van der Waals surface area contributed by atoms with Crippen LogP contribution in [0.15, 0.2) is 18.5 Å². The van der Waals surface area contributed by atoms with E-state index in [0.29, 0.717) is 12.4 Å². The lowest BCUT2D eigenvalue weighted by atomic mass is 10.2. The number of H-pyrrole nitrogens is 2. The Bertz CT molecular complexity index is 739. The number of aromatic nitrogens is 2. The number of rotatable bonds is 5. The third-order valence-electron chi connectivity index (χ3n) is 2.52. The molecule has 4 nitrogen and oxygen atoms in total. The number of hydrogen-bond donors (Lipinski definition) is 2. The third-order valence-corrected chi connectivity index (χ3v) is 2.52. The van der Waals surface area contributed by atoms with Crippen LogP contribution in [0.4, 0.5) is 26.2 Å². The van der Waals surface area contributed by atoms with E-state index in [-0.39, 0.29) is 6.08 Å². The summed E-state index contributed by atoms with van der Waals surface area (Å²) in [6.45, 7) is 0. The average molecular weight is 322 g/mol. The molecule has 0 unspecified atom stereocenters. The predicted molar refractivity (Wildman–Crippen MR) is 62.8 cm³/mol. The van der Waals surface area contributed by atoms with E-state index >= 15 is 0 Å². The summed E-state index contributed by atoms with van der Waals surface area (Å²) in [6.07, 6.45) is 1.31. The second kappa shape index (κ2) is 6.04. The Labute approximate surface area is 119 Å². The Kier molecular flexibility index (Phi) is 4.34. The molecule has 0 spiro atoms. The van der Waals surface area contributed by atoms with Gasteiger partial charge < -0.3 is 14.6 Å². The van der Waals surface area contributed by atoms with E-state index in [4.69, 9.17) is 0 Å². The normalized spacial score (nSPS) is 11.6. The van der Waals surface area contributed by atoms with Gasteiger partial charge in [-0.05, 0) is 0 Å². The van der Waals surface area contributed by atoms with Crippen molar-refractivity contribution in [2.24, 2.45) is 0 Å². The first-order valence-corrected chi connectivity index (χ1v) is 5.57. The number of allylic oxidation sites excluding steroid dienone is 1. The second-order valence-corrected chi connectivity index (χ2v) is 3.90. The maximum Gasteiger partial charge on any atom is 0.796 e. The van der Waals surface area contributed by atoms with Crippen molar-refractivity contribution < 1.29 is 35.6 Å². The average Bonchev–Trinajstić information content (AvgIpc) is 2.94. The molecule has 2 rings (SSSR count). The molecule has 0 aliphatic carbocycles. The van der Waals surface area contributed by atoms with Crippen molar-refractivity contribution in [3.05, 3.63) is 53.1 Å². The summed E-state index contributed by atoms with van der Waals surface area (Å²) in [5.74, 6) is -8.27. The zero-order chi connectivity index (χ0) is 16.4. The van der Waals surface area contributed by atoms with Crippen LogP contribution in [-0.2, 0) is 4.65 Å². The molecule has 2 aromatic rings. The van der Waals surface area contributed by atoms with Crippen LogP contribution < -0.4 is 0 Å². The Balaban J connectivity index is 2.43. The summed E-state index contributed by atoms with van der Waals surface area (Å²) in [4.78, 5) is 15.6. The lowest BCUT2D eigenvalue weighted by Gasteiger charge is -2.06. The van der Waals surface area contributed by atoms with Crippen molar-refractivity contribution in [3.63, 3.8) is 0 Å². The van der Waals surface area contributed by atoms with Gasteiger partial charge in [0.15, 0.2) is 23.3 Å². The fourth-order valence-electron chi connectivity index (χ4n) is 1.57. The molecule has 0 aromatic carbocycles. The van der Waals surface area contributed by atoms with Gasteiger partial charge in [0.2, 0.25) is 5.78 Å². The number of ketones is 1. The molecule has 0 atom stereocenters. The minimum atomic E-state index is -3.46. The standard InChI is InChI=1S/C11H5BF6N2O2/c13-4-2-19-10(8(4)15)6(21)1-7(22-12(17)18)11-9(16)5(14)3-20-11/h1-3,19-20H/b7-1+. The van der Waals surface area contributed by atoms with Crippen LogP contribution in [0.25, 0.3) is 5.76 Å². The second-order valence-electron chi connectivity index (χ2n) is 3.90. The number of carbonyl (C=O) groups is 1. The van der Waals surface area contributed by atoms with Gasteiger partial charge in [0.1, 0.15) is 17.1 Å². The molecule has 0 saturated heterocycles. The molecule has 0 fully saturated rings. The van der Waals surface area contributed by atoms with Gasteiger partial charge in [0, 0.05) is 18.5 Å². The van der Waals surface area contributed by atoms with Crippen LogP contribution in [0, 0.1) is 23.3 Å². The molecule has 0 saturated carbocycles. The minimum absolute atomic E-state index is 0.273. The number of hydrogen-bond acceptors (Lipinski definition) is 2. The minimum Gasteiger partial charge on any atom is -0.503 e. The van der Waals surface area contributed by atoms with E-state index in [1.165, 1.54) is 0 Å². The highest BCUT2D eigenvalue weighted by Gasteiger charge is 2.26. The smallest absolute Gasteiger partial charge is 0.503 e. The van der Waals surface area contributed by atoms with Crippen molar-refractivity contribution in [1.29, 1.82) is 0 Å². The number of aromatic amines is 2. The highest BCUT2D eigenvalue weighted by Crippen LogP contribution is 2.23. The molecule has 2 heterocycles. The summed E-state index contributed by atoms with van der Waals surface area (Å²) in [5.41, 5.74) is -1.76. The molecular formula is C11H5BF6N2O2. The lowest BCUT2D eigenvalue weighted by Crippen LogP contribution is -2.08.